The third-order valence-corrected chi connectivity index (χ3v) is 3.21. The summed E-state index contributed by atoms with van der Waals surface area (Å²) in [7, 11) is 0. The Hall–Kier alpha value is -1.85. The minimum atomic E-state index is -0.538. The van der Waals surface area contributed by atoms with Crippen LogP contribution in [0.3, 0.4) is 0 Å². The Kier molecular flexibility index (Phi) is 4.19. The fourth-order valence-electron chi connectivity index (χ4n) is 2.04. The molecule has 0 bridgehead atoms. The highest BCUT2D eigenvalue weighted by Gasteiger charge is 2.10. The lowest BCUT2D eigenvalue weighted by atomic mass is 10.1. The van der Waals surface area contributed by atoms with E-state index in [9.17, 15) is 4.79 Å². The van der Waals surface area contributed by atoms with Crippen molar-refractivity contribution in [3.63, 3.8) is 0 Å². The third kappa shape index (κ3) is 2.94. The van der Waals surface area contributed by atoms with E-state index in [4.69, 9.17) is 9.62 Å². The van der Waals surface area contributed by atoms with E-state index in [0.717, 1.165) is 30.8 Å². The summed E-state index contributed by atoms with van der Waals surface area (Å²) in [5, 5.41) is 9.57. The molecule has 2 aromatic rings. The van der Waals surface area contributed by atoms with Crippen molar-refractivity contribution in [3.05, 3.63) is 35.6 Å². The molecule has 1 amide bonds. The van der Waals surface area contributed by atoms with Crippen molar-refractivity contribution in [3.8, 4) is 0 Å². The van der Waals surface area contributed by atoms with E-state index < -0.39 is 5.91 Å². The molecule has 1 aromatic heterocycles. The zero-order valence-corrected chi connectivity index (χ0v) is 11.1. The highest BCUT2D eigenvalue weighted by atomic mass is 16.5. The van der Waals surface area contributed by atoms with Crippen LogP contribution in [0.5, 0.6) is 0 Å². The zero-order chi connectivity index (χ0) is 13.8. The first kappa shape index (κ1) is 13.6. The molecule has 0 aliphatic carbocycles. The first-order valence-corrected chi connectivity index (χ1v) is 6.37. The predicted octanol–water partition coefficient (Wildman–Crippen LogP) is 2.39. The van der Waals surface area contributed by atoms with Crippen molar-refractivity contribution in [2.75, 3.05) is 13.1 Å². The van der Waals surface area contributed by atoms with E-state index >= 15 is 0 Å². The van der Waals surface area contributed by atoms with Crippen LogP contribution < -0.4 is 5.48 Å². The van der Waals surface area contributed by atoms with Crippen LogP contribution >= 0.6 is 0 Å². The number of carbonyl (C=O) groups excluding carboxylic acids is 1. The fourth-order valence-corrected chi connectivity index (χ4v) is 2.04. The molecule has 19 heavy (non-hydrogen) atoms. The Balaban J connectivity index is 2.27. The number of hydroxylamine groups is 1. The maximum atomic E-state index is 11.3. The Morgan fingerprint density at radius 2 is 2.05 bits per heavy atom. The smallest absolute Gasteiger partial charge is 0.274 e. The molecule has 2 N–H and O–H groups in total. The lowest BCUT2D eigenvalue weighted by Crippen LogP contribution is -2.21. The second-order valence-corrected chi connectivity index (χ2v) is 4.37. The van der Waals surface area contributed by atoms with Gasteiger partial charge in [-0.05, 0) is 31.3 Å². The van der Waals surface area contributed by atoms with Crippen molar-refractivity contribution in [1.82, 2.24) is 10.4 Å². The summed E-state index contributed by atoms with van der Waals surface area (Å²) in [5.74, 6) is 0.337. The number of furan rings is 1. The molecule has 1 aromatic carbocycles. The van der Waals surface area contributed by atoms with Gasteiger partial charge in [0.05, 0.1) is 6.54 Å². The van der Waals surface area contributed by atoms with Gasteiger partial charge in [0.2, 0.25) is 0 Å². The van der Waals surface area contributed by atoms with E-state index in [-0.39, 0.29) is 0 Å². The molecular weight excluding hydrogens is 244 g/mol. The molecule has 0 saturated heterocycles. The van der Waals surface area contributed by atoms with Crippen molar-refractivity contribution >= 4 is 16.9 Å². The van der Waals surface area contributed by atoms with Crippen LogP contribution in [0.2, 0.25) is 0 Å². The minimum absolute atomic E-state index is 0.374. The molecule has 0 saturated carbocycles. The molecule has 0 aliphatic rings. The monoisotopic (exact) mass is 262 g/mol. The quantitative estimate of drug-likeness (QED) is 0.641. The van der Waals surface area contributed by atoms with E-state index in [2.05, 4.69) is 18.7 Å². The summed E-state index contributed by atoms with van der Waals surface area (Å²) in [6.07, 6.45) is 0. The number of amides is 1. The van der Waals surface area contributed by atoms with Crippen LogP contribution in [0.1, 0.15) is 30.0 Å². The lowest BCUT2D eigenvalue weighted by Gasteiger charge is -2.15. The Morgan fingerprint density at radius 3 is 2.68 bits per heavy atom. The molecular formula is C14H18N2O3. The molecule has 0 fully saturated rings. The Morgan fingerprint density at radius 1 is 1.32 bits per heavy atom. The van der Waals surface area contributed by atoms with Gasteiger partial charge < -0.3 is 4.42 Å². The van der Waals surface area contributed by atoms with Crippen molar-refractivity contribution < 1.29 is 14.4 Å². The van der Waals surface area contributed by atoms with Gasteiger partial charge >= 0.3 is 0 Å². The minimum Gasteiger partial charge on any atom is -0.460 e. The first-order chi connectivity index (χ1) is 9.17. The van der Waals surface area contributed by atoms with E-state index in [1.165, 1.54) is 0 Å². The summed E-state index contributed by atoms with van der Waals surface area (Å²) in [5.41, 5.74) is 2.64. The molecule has 0 atom stereocenters. The molecule has 2 rings (SSSR count). The van der Waals surface area contributed by atoms with Crippen LogP contribution in [-0.2, 0) is 6.54 Å². The number of rotatable bonds is 5. The highest BCUT2D eigenvalue weighted by Crippen LogP contribution is 2.21. The SMILES string of the molecule is CCN(CC)Cc1cc2ccc(C(=O)NO)cc2o1. The molecule has 1 heterocycles. The van der Waals surface area contributed by atoms with Crippen LogP contribution in [0.4, 0.5) is 0 Å². The van der Waals surface area contributed by atoms with Crippen LogP contribution in [0, 0.1) is 0 Å². The maximum absolute atomic E-state index is 11.3. The van der Waals surface area contributed by atoms with Crippen LogP contribution in [0.25, 0.3) is 11.0 Å². The number of carbonyl (C=O) groups is 1. The van der Waals surface area contributed by atoms with E-state index in [1.807, 2.05) is 12.1 Å². The molecule has 0 unspecified atom stereocenters. The number of benzene rings is 1. The van der Waals surface area contributed by atoms with Crippen LogP contribution in [-0.4, -0.2) is 29.1 Å². The topological polar surface area (TPSA) is 65.7 Å². The summed E-state index contributed by atoms with van der Waals surface area (Å²) < 4.78 is 5.73. The first-order valence-electron chi connectivity index (χ1n) is 6.37. The van der Waals surface area contributed by atoms with Gasteiger partial charge in [0.15, 0.2) is 0 Å². The van der Waals surface area contributed by atoms with Gasteiger partial charge in [-0.15, -0.1) is 0 Å². The molecule has 5 nitrogen and oxygen atoms in total. The Labute approximate surface area is 111 Å². The molecule has 0 radical (unpaired) electrons. The molecule has 0 spiro atoms. The number of nitrogens with zero attached hydrogens (tertiary/aromatic N) is 1. The lowest BCUT2D eigenvalue weighted by molar-refractivity contribution is 0.0706. The van der Waals surface area contributed by atoms with Gasteiger partial charge in [-0.3, -0.25) is 14.9 Å². The second kappa shape index (κ2) is 5.86. The summed E-state index contributed by atoms with van der Waals surface area (Å²) >= 11 is 0. The summed E-state index contributed by atoms with van der Waals surface area (Å²) in [6, 6.07) is 7.08. The molecule has 102 valence electrons. The number of fused-ring (bicyclic) bond motifs is 1. The van der Waals surface area contributed by atoms with Gasteiger partial charge in [-0.25, -0.2) is 5.48 Å². The van der Waals surface area contributed by atoms with Crippen molar-refractivity contribution in [1.29, 1.82) is 0 Å². The van der Waals surface area contributed by atoms with Crippen LogP contribution in [0.15, 0.2) is 28.7 Å². The zero-order valence-electron chi connectivity index (χ0n) is 11.1. The molecule has 5 heteroatoms. The number of hydrogen-bond acceptors (Lipinski definition) is 4. The van der Waals surface area contributed by atoms with E-state index in [0.29, 0.717) is 11.1 Å². The third-order valence-electron chi connectivity index (χ3n) is 3.21. The highest BCUT2D eigenvalue weighted by molar-refractivity contribution is 5.96. The average molecular weight is 262 g/mol. The normalized spacial score (nSPS) is 11.2. The van der Waals surface area contributed by atoms with Gasteiger partial charge in [-0.1, -0.05) is 19.9 Å². The second-order valence-electron chi connectivity index (χ2n) is 4.37. The van der Waals surface area contributed by atoms with E-state index in [1.54, 1.807) is 17.6 Å². The van der Waals surface area contributed by atoms with Crippen molar-refractivity contribution in [2.24, 2.45) is 0 Å². The van der Waals surface area contributed by atoms with Gasteiger partial charge in [-0.2, -0.15) is 0 Å². The summed E-state index contributed by atoms with van der Waals surface area (Å²) in [4.78, 5) is 13.6. The standard InChI is InChI=1S/C14H18N2O3/c1-3-16(4-2)9-12-7-10-5-6-11(14(17)15-18)8-13(10)19-12/h5-8,18H,3-4,9H2,1-2H3,(H,15,17). The largest absolute Gasteiger partial charge is 0.460 e. The maximum Gasteiger partial charge on any atom is 0.274 e. The average Bonchev–Trinajstić information content (AvgIpc) is 2.85. The molecule has 0 aliphatic heterocycles. The summed E-state index contributed by atoms with van der Waals surface area (Å²) in [6.45, 7) is 6.90. The number of hydrogen-bond donors (Lipinski definition) is 2. The van der Waals surface area contributed by atoms with Crippen molar-refractivity contribution in [2.45, 2.75) is 20.4 Å². The van der Waals surface area contributed by atoms with Gasteiger partial charge in [0, 0.05) is 10.9 Å². The number of nitrogens with one attached hydrogen (secondary N) is 1. The Bertz CT molecular complexity index is 573. The van der Waals surface area contributed by atoms with Gasteiger partial charge in [0.25, 0.3) is 5.91 Å². The predicted molar refractivity (Wildman–Crippen MR) is 72.1 cm³/mol. The fraction of sp³-hybridized carbons (Fsp3) is 0.357. The van der Waals surface area contributed by atoms with Gasteiger partial charge in [0.1, 0.15) is 11.3 Å².